The van der Waals surface area contributed by atoms with Gasteiger partial charge in [-0.15, -0.1) is 0 Å². The molecule has 3 N–H and O–H groups in total. The third kappa shape index (κ3) is 3.05. The molecule has 1 aromatic rings. The average Bonchev–Trinajstić information content (AvgIpc) is 2.31. The van der Waals surface area contributed by atoms with Crippen molar-refractivity contribution in [3.05, 3.63) is 35.4 Å². The maximum absolute atomic E-state index is 2.42. The molecule has 82 valence electrons. The van der Waals surface area contributed by atoms with Gasteiger partial charge in [0.1, 0.15) is 32.7 Å². The molecule has 1 aliphatic heterocycles. The fourth-order valence-electron chi connectivity index (χ4n) is 2.24. The molecule has 1 heterocycles. The van der Waals surface area contributed by atoms with E-state index in [1.165, 1.54) is 43.9 Å². The molecule has 0 saturated carbocycles. The summed E-state index contributed by atoms with van der Waals surface area (Å²) >= 11 is 0. The standard InChI is InChI=1S/C13H20N2/c1-2-12-3-5-13(6-4-12)11-15-9-7-14-8-10-15/h3-6,14H,2,7-11H2,1H3/p+2. The molecular weight excluding hydrogens is 184 g/mol. The Bertz CT molecular complexity index is 286. The van der Waals surface area contributed by atoms with Crippen molar-refractivity contribution < 1.29 is 10.2 Å². The predicted octanol–water partition coefficient (Wildman–Crippen LogP) is -0.789. The highest BCUT2D eigenvalue weighted by atomic mass is 15.2. The first-order valence-electron chi connectivity index (χ1n) is 6.11. The summed E-state index contributed by atoms with van der Waals surface area (Å²) in [6.07, 6.45) is 1.14. The molecule has 0 atom stereocenters. The van der Waals surface area contributed by atoms with Crippen LogP contribution in [0.15, 0.2) is 24.3 Å². The highest BCUT2D eigenvalue weighted by molar-refractivity contribution is 5.21. The van der Waals surface area contributed by atoms with Crippen LogP contribution in [0.4, 0.5) is 0 Å². The Hall–Kier alpha value is -0.860. The topological polar surface area (TPSA) is 21.1 Å². The van der Waals surface area contributed by atoms with Gasteiger partial charge in [0, 0.05) is 5.56 Å². The number of nitrogens with two attached hydrogens (primary N) is 1. The van der Waals surface area contributed by atoms with E-state index in [-0.39, 0.29) is 0 Å². The fraction of sp³-hybridized carbons (Fsp3) is 0.538. The fourth-order valence-corrected chi connectivity index (χ4v) is 2.24. The zero-order chi connectivity index (χ0) is 10.5. The summed E-state index contributed by atoms with van der Waals surface area (Å²) in [7, 11) is 0. The molecule has 15 heavy (non-hydrogen) atoms. The molecule has 0 radical (unpaired) electrons. The van der Waals surface area contributed by atoms with Crippen LogP contribution in [0.3, 0.4) is 0 Å². The average molecular weight is 206 g/mol. The molecule has 0 amide bonds. The molecule has 0 spiro atoms. The summed E-state index contributed by atoms with van der Waals surface area (Å²) in [6.45, 7) is 8.63. The number of nitrogens with one attached hydrogen (secondary N) is 1. The van der Waals surface area contributed by atoms with Gasteiger partial charge in [-0.3, -0.25) is 0 Å². The summed E-state index contributed by atoms with van der Waals surface area (Å²) in [5.74, 6) is 0. The molecule has 0 bridgehead atoms. The Morgan fingerprint density at radius 3 is 2.27 bits per heavy atom. The van der Waals surface area contributed by atoms with Crippen molar-refractivity contribution in [1.29, 1.82) is 0 Å². The summed E-state index contributed by atoms with van der Waals surface area (Å²) in [6, 6.07) is 9.13. The number of hydrogen-bond acceptors (Lipinski definition) is 0. The van der Waals surface area contributed by atoms with E-state index in [1.54, 1.807) is 4.90 Å². The summed E-state index contributed by atoms with van der Waals surface area (Å²) in [5.41, 5.74) is 2.94. The Labute approximate surface area is 92.3 Å². The van der Waals surface area contributed by atoms with Gasteiger partial charge in [0.05, 0.1) is 0 Å². The van der Waals surface area contributed by atoms with Crippen LogP contribution in [0.5, 0.6) is 0 Å². The van der Waals surface area contributed by atoms with Crippen molar-refractivity contribution in [3.8, 4) is 0 Å². The van der Waals surface area contributed by atoms with Gasteiger partial charge in [-0.2, -0.15) is 0 Å². The molecular formula is C13H22N2+2. The molecule has 0 unspecified atom stereocenters. The maximum atomic E-state index is 2.42. The van der Waals surface area contributed by atoms with E-state index < -0.39 is 0 Å². The SMILES string of the molecule is CCc1ccc(C[NH+]2CC[NH2+]CC2)cc1. The minimum absolute atomic E-state index is 1.14. The number of hydrogen-bond donors (Lipinski definition) is 2. The zero-order valence-corrected chi connectivity index (χ0v) is 9.63. The van der Waals surface area contributed by atoms with E-state index in [1.807, 2.05) is 0 Å². The van der Waals surface area contributed by atoms with E-state index in [9.17, 15) is 0 Å². The minimum Gasteiger partial charge on any atom is -0.337 e. The quantitative estimate of drug-likeness (QED) is 0.647. The third-order valence-corrected chi connectivity index (χ3v) is 3.29. The molecule has 1 aromatic carbocycles. The molecule has 2 rings (SSSR count). The smallest absolute Gasteiger partial charge is 0.127 e. The van der Waals surface area contributed by atoms with Crippen LogP contribution in [0.2, 0.25) is 0 Å². The molecule has 0 aliphatic carbocycles. The van der Waals surface area contributed by atoms with Gasteiger partial charge in [0.15, 0.2) is 0 Å². The second kappa shape index (κ2) is 5.29. The molecule has 0 aromatic heterocycles. The van der Waals surface area contributed by atoms with Crippen LogP contribution in [-0.2, 0) is 13.0 Å². The van der Waals surface area contributed by atoms with Crippen LogP contribution in [0, 0.1) is 0 Å². The van der Waals surface area contributed by atoms with Crippen molar-refractivity contribution in [2.24, 2.45) is 0 Å². The van der Waals surface area contributed by atoms with Gasteiger partial charge in [0.2, 0.25) is 0 Å². The van der Waals surface area contributed by atoms with E-state index in [4.69, 9.17) is 0 Å². The number of piperazine rings is 1. The summed E-state index contributed by atoms with van der Waals surface area (Å²) in [4.78, 5) is 1.74. The van der Waals surface area contributed by atoms with Gasteiger partial charge in [0.25, 0.3) is 0 Å². The highest BCUT2D eigenvalue weighted by Crippen LogP contribution is 2.03. The minimum atomic E-state index is 1.14. The van der Waals surface area contributed by atoms with Gasteiger partial charge in [-0.1, -0.05) is 31.2 Å². The normalized spacial score (nSPS) is 17.9. The molecule has 1 saturated heterocycles. The largest absolute Gasteiger partial charge is 0.337 e. The van der Waals surface area contributed by atoms with Crippen molar-refractivity contribution in [2.45, 2.75) is 19.9 Å². The summed E-state index contributed by atoms with van der Waals surface area (Å²) < 4.78 is 0. The Kier molecular flexibility index (Phi) is 3.75. The Balaban J connectivity index is 1.91. The predicted molar refractivity (Wildman–Crippen MR) is 61.9 cm³/mol. The van der Waals surface area contributed by atoms with E-state index in [0.717, 1.165) is 6.42 Å². The van der Waals surface area contributed by atoms with E-state index in [2.05, 4.69) is 36.5 Å². The lowest BCUT2D eigenvalue weighted by Gasteiger charge is -2.22. The van der Waals surface area contributed by atoms with E-state index in [0.29, 0.717) is 0 Å². The lowest BCUT2D eigenvalue weighted by Crippen LogP contribution is -3.19. The van der Waals surface area contributed by atoms with E-state index >= 15 is 0 Å². The Morgan fingerprint density at radius 2 is 1.67 bits per heavy atom. The monoisotopic (exact) mass is 206 g/mol. The number of rotatable bonds is 3. The molecule has 1 fully saturated rings. The first-order valence-corrected chi connectivity index (χ1v) is 6.11. The first kappa shape index (κ1) is 10.7. The van der Waals surface area contributed by atoms with Crippen molar-refractivity contribution in [1.82, 2.24) is 0 Å². The highest BCUT2D eigenvalue weighted by Gasteiger charge is 2.15. The van der Waals surface area contributed by atoms with Crippen LogP contribution in [0.1, 0.15) is 18.1 Å². The van der Waals surface area contributed by atoms with Crippen LogP contribution in [0.25, 0.3) is 0 Å². The molecule has 2 nitrogen and oxygen atoms in total. The van der Waals surface area contributed by atoms with Gasteiger partial charge >= 0.3 is 0 Å². The first-order chi connectivity index (χ1) is 7.38. The van der Waals surface area contributed by atoms with Gasteiger partial charge in [-0.05, 0) is 12.0 Å². The second-order valence-electron chi connectivity index (χ2n) is 4.46. The van der Waals surface area contributed by atoms with Crippen molar-refractivity contribution in [2.75, 3.05) is 26.2 Å². The van der Waals surface area contributed by atoms with Crippen molar-refractivity contribution in [3.63, 3.8) is 0 Å². The molecule has 2 heteroatoms. The Morgan fingerprint density at radius 1 is 1.07 bits per heavy atom. The number of aryl methyl sites for hydroxylation is 1. The van der Waals surface area contributed by atoms with Gasteiger partial charge < -0.3 is 10.2 Å². The van der Waals surface area contributed by atoms with Gasteiger partial charge in [-0.25, -0.2) is 0 Å². The lowest BCUT2D eigenvalue weighted by molar-refractivity contribution is -0.958. The summed E-state index contributed by atoms with van der Waals surface area (Å²) in [5, 5.41) is 2.42. The van der Waals surface area contributed by atoms with Crippen LogP contribution < -0.4 is 10.2 Å². The zero-order valence-electron chi connectivity index (χ0n) is 9.63. The second-order valence-corrected chi connectivity index (χ2v) is 4.46. The maximum Gasteiger partial charge on any atom is 0.127 e. The van der Waals surface area contributed by atoms with Crippen LogP contribution >= 0.6 is 0 Å². The lowest BCUT2D eigenvalue weighted by atomic mass is 10.1. The van der Waals surface area contributed by atoms with Crippen molar-refractivity contribution >= 4 is 0 Å². The third-order valence-electron chi connectivity index (χ3n) is 3.29. The number of quaternary nitrogens is 2. The van der Waals surface area contributed by atoms with Crippen LogP contribution in [-0.4, -0.2) is 26.2 Å². The number of benzene rings is 1. The molecule has 1 aliphatic rings.